The fourth-order valence-corrected chi connectivity index (χ4v) is 19.7. The number of aliphatic hydroxyl groups excluding tert-OH is 4. The first-order valence-corrected chi connectivity index (χ1v) is 26.6. The van der Waals surface area contributed by atoms with Crippen LogP contribution in [0, 0.1) is 69.0 Å². The van der Waals surface area contributed by atoms with Crippen molar-refractivity contribution >= 4 is 5.78 Å². The lowest BCUT2D eigenvalue weighted by atomic mass is 9.42. The van der Waals surface area contributed by atoms with Gasteiger partial charge in [0.1, 0.15) is 35.8 Å². The predicted octanol–water partition coefficient (Wildman–Crippen LogP) is 4.76. The molecule has 0 bridgehead atoms. The maximum absolute atomic E-state index is 15.0. The average Bonchev–Trinajstić information content (AvgIpc) is 4.01. The van der Waals surface area contributed by atoms with Crippen molar-refractivity contribution in [2.45, 2.75) is 197 Å². The van der Waals surface area contributed by atoms with Crippen LogP contribution in [0.25, 0.3) is 0 Å². The molecule has 0 unspecified atom stereocenters. The van der Waals surface area contributed by atoms with Gasteiger partial charge in [-0.15, -0.1) is 0 Å². The molecular formula is C55H76N2O12. The van der Waals surface area contributed by atoms with Crippen molar-refractivity contribution in [3.05, 3.63) is 46.1 Å². The van der Waals surface area contributed by atoms with E-state index in [4.69, 9.17) is 33.7 Å². The van der Waals surface area contributed by atoms with Gasteiger partial charge in [-0.25, -0.2) is 0 Å². The van der Waals surface area contributed by atoms with Crippen LogP contribution >= 0.6 is 0 Å². The van der Waals surface area contributed by atoms with E-state index in [2.05, 4.69) is 26.8 Å². The van der Waals surface area contributed by atoms with E-state index in [9.17, 15) is 30.6 Å². The Morgan fingerprint density at radius 3 is 2.23 bits per heavy atom. The first kappa shape index (κ1) is 46.6. The Morgan fingerprint density at radius 1 is 0.812 bits per heavy atom. The highest BCUT2D eigenvalue weighted by Crippen LogP contribution is 2.74. The zero-order valence-electron chi connectivity index (χ0n) is 42.1. The van der Waals surface area contributed by atoms with E-state index in [1.807, 2.05) is 33.8 Å². The molecule has 69 heavy (non-hydrogen) atoms. The normalized spacial score (nSPS) is 57.0. The molecule has 12 aliphatic rings. The molecule has 8 fully saturated rings. The molecule has 13 rings (SSSR count). The van der Waals surface area contributed by atoms with Gasteiger partial charge in [0.25, 0.3) is 0 Å². The van der Waals surface area contributed by atoms with Crippen molar-refractivity contribution in [3.8, 4) is 0 Å². The Balaban J connectivity index is 0.795. The maximum atomic E-state index is 15.0. The van der Waals surface area contributed by atoms with E-state index in [0.29, 0.717) is 38.5 Å². The number of hydrogen-bond acceptors (Lipinski definition) is 14. The van der Waals surface area contributed by atoms with Crippen LogP contribution in [-0.4, -0.2) is 125 Å². The number of methoxy groups -OCH3 is 1. The molecule has 4 saturated heterocycles. The Morgan fingerprint density at radius 2 is 1.54 bits per heavy atom. The Bertz CT molecular complexity index is 2500. The predicted molar refractivity (Wildman–Crippen MR) is 248 cm³/mol. The summed E-state index contributed by atoms with van der Waals surface area (Å²) in [6.45, 7) is 16.0. The number of rotatable bonds is 2. The van der Waals surface area contributed by atoms with Crippen LogP contribution in [0.3, 0.4) is 0 Å². The third-order valence-corrected chi connectivity index (χ3v) is 23.4. The first-order chi connectivity index (χ1) is 32.4. The molecule has 3 spiro atoms. The SMILES string of the molecule is CO[C@H]1c2nc3c(nc2C[C@@H]2CC[C@H]4C5=C[C@@H]6O[C@]7(O[C@](C)(CO)C[C@H]7O)[C@@H](C)[C@]6(O)[C@@]5(C)[C@H](O)C[C@@H]4[C@]21C)C[C@@]1(C)[C@@H](CC[C@H]2C4=CC[C@@H]5[C@H](C)[C@]6(OC[C@]45C(=O)C[C@@]21O)OC(C)(C)C[C@H]6O)C3. The summed E-state index contributed by atoms with van der Waals surface area (Å²) in [5, 5.41) is 71.9. The van der Waals surface area contributed by atoms with E-state index in [1.165, 1.54) is 0 Å². The van der Waals surface area contributed by atoms with Crippen LogP contribution in [0.4, 0.5) is 0 Å². The second-order valence-electron chi connectivity index (χ2n) is 26.4. The summed E-state index contributed by atoms with van der Waals surface area (Å²) in [6, 6.07) is 0. The molecule has 6 N–H and O–H groups in total. The Hall–Kier alpha value is -2.21. The van der Waals surface area contributed by atoms with E-state index < -0.39 is 92.1 Å². The molecule has 4 aliphatic heterocycles. The third kappa shape index (κ3) is 5.16. The number of ketones is 1. The lowest BCUT2D eigenvalue weighted by Gasteiger charge is -2.64. The molecule has 0 aromatic carbocycles. The van der Waals surface area contributed by atoms with Gasteiger partial charge < -0.3 is 54.3 Å². The molecule has 14 heteroatoms. The number of aliphatic hydroxyl groups is 6. The maximum Gasteiger partial charge on any atom is 0.201 e. The molecule has 0 radical (unpaired) electrons. The minimum atomic E-state index is -1.56. The van der Waals surface area contributed by atoms with Crippen molar-refractivity contribution in [3.63, 3.8) is 0 Å². The van der Waals surface area contributed by atoms with Gasteiger partial charge in [0, 0.05) is 60.4 Å². The quantitative estimate of drug-likeness (QED) is 0.221. The third-order valence-electron chi connectivity index (χ3n) is 23.4. The number of hydrogen-bond donors (Lipinski definition) is 6. The number of nitrogens with zero attached hydrogens (tertiary/aromatic N) is 2. The molecule has 5 heterocycles. The van der Waals surface area contributed by atoms with E-state index in [0.717, 1.165) is 59.6 Å². The summed E-state index contributed by atoms with van der Waals surface area (Å²) < 4.78 is 32.8. The van der Waals surface area contributed by atoms with Crippen LogP contribution < -0.4 is 0 Å². The van der Waals surface area contributed by atoms with Crippen molar-refractivity contribution < 1.29 is 59.1 Å². The van der Waals surface area contributed by atoms with Gasteiger partial charge in [-0.05, 0) is 108 Å². The minimum absolute atomic E-state index is 0.00864. The summed E-state index contributed by atoms with van der Waals surface area (Å²) in [5.41, 5.74) is -1.60. The molecule has 0 amide bonds. The highest BCUT2D eigenvalue weighted by Gasteiger charge is 2.80. The second kappa shape index (κ2) is 13.9. The van der Waals surface area contributed by atoms with Gasteiger partial charge in [0.05, 0.1) is 64.3 Å². The highest BCUT2D eigenvalue weighted by atomic mass is 16.7. The van der Waals surface area contributed by atoms with Crippen molar-refractivity contribution in [1.29, 1.82) is 0 Å². The van der Waals surface area contributed by atoms with Crippen molar-refractivity contribution in [2.75, 3.05) is 20.3 Å². The molecule has 378 valence electrons. The molecule has 1 aromatic heterocycles. The lowest BCUT2D eigenvalue weighted by molar-refractivity contribution is -0.337. The number of allylic oxidation sites excluding steroid dienone is 1. The molecule has 22 atom stereocenters. The number of fused-ring (bicyclic) bond motifs is 13. The fourth-order valence-electron chi connectivity index (χ4n) is 19.7. The standard InChI is InChI=1S/C55H76N2O12/c1-26-31-14-15-32-33-13-11-28-16-36-38(20-48(28,6)52(33,63)23-40(60)51(31,32)25-66-54(26)41(61)21-46(3,4)68-54)56-37-17-29-10-12-30-34(49(29,7)45(65-9)44(37)57-36)18-39(59)50(8)35(30)19-43-53(50,64)27(2)55(67-43)42(62)22-47(5,24-58)69-55/h15,19,26-31,33-34,39,41-43,45,58-59,61-64H,10-14,16-18,20-25H2,1-9H3/t26-,27-,28-,29-,30+,31+,33-,34-,39+,41+,42+,43-,45-,47-,48-,49-,50+,51+,52+,53+,54-,55-/m0/s1. The van der Waals surface area contributed by atoms with Gasteiger partial charge in [-0.2, -0.15) is 0 Å². The van der Waals surface area contributed by atoms with Crippen LogP contribution in [0.15, 0.2) is 23.3 Å². The van der Waals surface area contributed by atoms with Gasteiger partial charge in [-0.3, -0.25) is 14.8 Å². The zero-order valence-corrected chi connectivity index (χ0v) is 42.1. The molecule has 1 aromatic rings. The zero-order chi connectivity index (χ0) is 48.8. The smallest absolute Gasteiger partial charge is 0.201 e. The summed E-state index contributed by atoms with van der Waals surface area (Å²) in [7, 11) is 1.77. The topological polar surface area (TPSA) is 210 Å². The van der Waals surface area contributed by atoms with Crippen LogP contribution in [0.5, 0.6) is 0 Å². The van der Waals surface area contributed by atoms with E-state index >= 15 is 4.79 Å². The van der Waals surface area contributed by atoms with Crippen molar-refractivity contribution in [1.82, 2.24) is 9.97 Å². The van der Waals surface area contributed by atoms with E-state index in [-0.39, 0.29) is 73.3 Å². The van der Waals surface area contributed by atoms with Crippen molar-refractivity contribution in [2.24, 2.45) is 69.0 Å². The first-order valence-electron chi connectivity index (χ1n) is 26.6. The van der Waals surface area contributed by atoms with Crippen LogP contribution in [-0.2, 0) is 47.7 Å². The second-order valence-corrected chi connectivity index (χ2v) is 26.4. The molecule has 8 aliphatic carbocycles. The van der Waals surface area contributed by atoms with Crippen LogP contribution in [0.1, 0.15) is 142 Å². The minimum Gasteiger partial charge on any atom is -0.393 e. The van der Waals surface area contributed by atoms with Gasteiger partial charge in [0.15, 0.2) is 5.79 Å². The summed E-state index contributed by atoms with van der Waals surface area (Å²) >= 11 is 0. The van der Waals surface area contributed by atoms with E-state index in [1.54, 1.807) is 14.0 Å². The number of Topliss-reactive ketones (excluding diaryl/α,β-unsaturated/α-hetero) is 1. The number of ether oxygens (including phenoxy) is 5. The monoisotopic (exact) mass is 957 g/mol. The summed E-state index contributed by atoms with van der Waals surface area (Å²) in [6.07, 6.45) is 7.45. The van der Waals surface area contributed by atoms with Crippen LogP contribution in [0.2, 0.25) is 0 Å². The Labute approximate surface area is 406 Å². The summed E-state index contributed by atoms with van der Waals surface area (Å²) in [4.78, 5) is 26.1. The molecule has 14 nitrogen and oxygen atoms in total. The molecular weight excluding hydrogens is 881 g/mol. The largest absolute Gasteiger partial charge is 0.393 e. The number of carbonyl (C=O) groups excluding carboxylic acids is 1. The van der Waals surface area contributed by atoms with Gasteiger partial charge in [-0.1, -0.05) is 57.9 Å². The van der Waals surface area contributed by atoms with Gasteiger partial charge in [0.2, 0.25) is 5.79 Å². The summed E-state index contributed by atoms with van der Waals surface area (Å²) in [5.74, 6) is -3.49. The lowest BCUT2D eigenvalue weighted by Crippen LogP contribution is -2.70. The number of aromatic nitrogens is 2. The molecule has 4 saturated carbocycles. The highest BCUT2D eigenvalue weighted by molar-refractivity contribution is 5.92. The fraction of sp³-hybridized carbons (Fsp3) is 0.836. The van der Waals surface area contributed by atoms with Gasteiger partial charge >= 0.3 is 0 Å². The number of carbonyl (C=O) groups is 1. The Kier molecular flexibility index (Phi) is 9.40. The average molecular weight is 957 g/mol.